The minimum Gasteiger partial charge on any atom is -0.261 e. The van der Waals surface area contributed by atoms with Gasteiger partial charge in [0.05, 0.1) is 0 Å². The van der Waals surface area contributed by atoms with Crippen LogP contribution in [0.1, 0.15) is 38.5 Å². The first-order chi connectivity index (χ1) is 7.08. The second-order valence-corrected chi connectivity index (χ2v) is 12.5. The summed E-state index contributed by atoms with van der Waals surface area (Å²) in [5, 5.41) is 0. The molecule has 1 fully saturated rings. The number of hydrogen-bond acceptors (Lipinski definition) is 2. The van der Waals surface area contributed by atoms with Gasteiger partial charge >= 0.3 is 0 Å². The van der Waals surface area contributed by atoms with Crippen LogP contribution in [0.2, 0.25) is 25.7 Å². The van der Waals surface area contributed by atoms with Gasteiger partial charge in [0.15, 0.2) is 0 Å². The van der Waals surface area contributed by atoms with Crippen LogP contribution in [0.5, 0.6) is 0 Å². The van der Waals surface area contributed by atoms with E-state index in [1.165, 1.54) is 50.3 Å². The topological polar surface area (TPSA) is 12.0 Å². The van der Waals surface area contributed by atoms with Gasteiger partial charge in [-0.15, -0.1) is 0 Å². The Balaban J connectivity index is 1.92. The minimum atomic E-state index is -0.788. The maximum Gasteiger partial charge on any atom is 0.0442 e. The molecule has 1 aliphatic carbocycles. The molecule has 0 unspecified atom stereocenters. The van der Waals surface area contributed by atoms with E-state index in [1.807, 2.05) is 11.9 Å². The third-order valence-electron chi connectivity index (χ3n) is 3.03. The van der Waals surface area contributed by atoms with Crippen molar-refractivity contribution in [3.8, 4) is 0 Å². The Kier molecular flexibility index (Phi) is 6.32. The second-order valence-electron chi connectivity index (χ2n) is 5.97. The largest absolute Gasteiger partial charge is 0.261 e. The fourth-order valence-electron chi connectivity index (χ4n) is 2.07. The summed E-state index contributed by atoms with van der Waals surface area (Å²) in [5.74, 6) is 1.31. The Morgan fingerprint density at radius 1 is 1.13 bits per heavy atom. The maximum absolute atomic E-state index is 3.64. The molecule has 0 aromatic carbocycles. The lowest BCUT2D eigenvalue weighted by Gasteiger charge is -2.22. The van der Waals surface area contributed by atoms with Gasteiger partial charge in [0.25, 0.3) is 0 Å². The third-order valence-corrected chi connectivity index (χ3v) is 5.87. The highest BCUT2D eigenvalue weighted by atomic mass is 32.2. The lowest BCUT2D eigenvalue weighted by Crippen LogP contribution is -2.26. The zero-order chi connectivity index (χ0) is 11.1. The summed E-state index contributed by atoms with van der Waals surface area (Å²) < 4.78 is 3.64. The molecule has 3 heteroatoms. The van der Waals surface area contributed by atoms with E-state index in [2.05, 4.69) is 24.4 Å². The fourth-order valence-corrected chi connectivity index (χ4v) is 4.44. The molecule has 1 N–H and O–H groups in total. The molecular weight excluding hydrogens is 218 g/mol. The smallest absolute Gasteiger partial charge is 0.0442 e. The second kappa shape index (κ2) is 6.97. The third kappa shape index (κ3) is 7.42. The summed E-state index contributed by atoms with van der Waals surface area (Å²) in [6, 6.07) is 2.29. The van der Waals surface area contributed by atoms with Crippen LogP contribution < -0.4 is 4.72 Å². The standard InChI is InChI=1S/C12H27NSSi/c1-15(2,3)11-7-10-14-13-12-8-5-4-6-9-12/h12-13H,4-11H2,1-3H3. The summed E-state index contributed by atoms with van der Waals surface area (Å²) in [4.78, 5) is 0. The van der Waals surface area contributed by atoms with Gasteiger partial charge in [0.2, 0.25) is 0 Å². The quantitative estimate of drug-likeness (QED) is 0.426. The van der Waals surface area contributed by atoms with Gasteiger partial charge in [0, 0.05) is 19.9 Å². The Morgan fingerprint density at radius 2 is 1.80 bits per heavy atom. The number of hydrogen-bond donors (Lipinski definition) is 1. The fraction of sp³-hybridized carbons (Fsp3) is 1.00. The van der Waals surface area contributed by atoms with Crippen molar-refractivity contribution in [3.05, 3.63) is 0 Å². The van der Waals surface area contributed by atoms with Gasteiger partial charge < -0.3 is 0 Å². The molecule has 1 aliphatic rings. The van der Waals surface area contributed by atoms with Gasteiger partial charge in [-0.05, 0) is 19.3 Å². The van der Waals surface area contributed by atoms with Crippen LogP contribution in [0.4, 0.5) is 0 Å². The molecule has 1 nitrogen and oxygen atoms in total. The van der Waals surface area contributed by atoms with E-state index in [0.717, 1.165) is 6.04 Å². The molecule has 0 radical (unpaired) electrons. The minimum absolute atomic E-state index is 0.788. The summed E-state index contributed by atoms with van der Waals surface area (Å²) >= 11 is 1.97. The highest BCUT2D eigenvalue weighted by Gasteiger charge is 2.14. The average Bonchev–Trinajstić information content (AvgIpc) is 2.17. The zero-order valence-electron chi connectivity index (χ0n) is 10.6. The van der Waals surface area contributed by atoms with Crippen LogP contribution in [0.15, 0.2) is 0 Å². The summed E-state index contributed by atoms with van der Waals surface area (Å²) in [7, 11) is -0.788. The summed E-state index contributed by atoms with van der Waals surface area (Å²) in [6.45, 7) is 7.39. The highest BCUT2D eigenvalue weighted by Crippen LogP contribution is 2.20. The molecule has 0 spiro atoms. The number of nitrogens with one attached hydrogen (secondary N) is 1. The predicted molar refractivity (Wildman–Crippen MR) is 75.2 cm³/mol. The zero-order valence-corrected chi connectivity index (χ0v) is 12.5. The first-order valence-corrected chi connectivity index (χ1v) is 11.1. The van der Waals surface area contributed by atoms with Crippen LogP contribution in [0.3, 0.4) is 0 Å². The lowest BCUT2D eigenvalue weighted by molar-refractivity contribution is 0.423. The molecule has 0 saturated heterocycles. The Hall–Kier alpha value is 0.527. The van der Waals surface area contributed by atoms with E-state index in [4.69, 9.17) is 0 Å². The van der Waals surface area contributed by atoms with Crippen molar-refractivity contribution in [2.45, 2.75) is 70.3 Å². The first kappa shape index (κ1) is 13.6. The summed E-state index contributed by atoms with van der Waals surface area (Å²) in [5.41, 5.74) is 0. The van der Waals surface area contributed by atoms with E-state index in [9.17, 15) is 0 Å². The average molecular weight is 246 g/mol. The van der Waals surface area contributed by atoms with Crippen LogP contribution in [-0.4, -0.2) is 19.9 Å². The van der Waals surface area contributed by atoms with Crippen molar-refractivity contribution >= 4 is 20.0 Å². The first-order valence-electron chi connectivity index (χ1n) is 6.45. The SMILES string of the molecule is C[Si](C)(C)CCCSNC1CCCCC1. The summed E-state index contributed by atoms with van der Waals surface area (Å²) in [6.07, 6.45) is 8.54. The molecule has 0 atom stereocenters. The molecule has 0 bridgehead atoms. The Bertz CT molecular complexity index is 161. The molecule has 0 amide bonds. The van der Waals surface area contributed by atoms with Gasteiger partial charge in [-0.2, -0.15) is 0 Å². The molecule has 1 rings (SSSR count). The van der Waals surface area contributed by atoms with E-state index in [1.54, 1.807) is 0 Å². The van der Waals surface area contributed by atoms with Crippen LogP contribution in [0, 0.1) is 0 Å². The van der Waals surface area contributed by atoms with Gasteiger partial charge in [-0.1, -0.05) is 56.9 Å². The van der Waals surface area contributed by atoms with Gasteiger partial charge in [-0.25, -0.2) is 0 Å². The van der Waals surface area contributed by atoms with Crippen LogP contribution >= 0.6 is 11.9 Å². The van der Waals surface area contributed by atoms with Crippen molar-refractivity contribution in [3.63, 3.8) is 0 Å². The molecule has 15 heavy (non-hydrogen) atoms. The molecule has 0 aliphatic heterocycles. The number of rotatable bonds is 6. The van der Waals surface area contributed by atoms with Gasteiger partial charge in [0.1, 0.15) is 0 Å². The predicted octanol–water partition coefficient (Wildman–Crippen LogP) is 4.29. The van der Waals surface area contributed by atoms with Crippen molar-refractivity contribution in [2.75, 3.05) is 5.75 Å². The van der Waals surface area contributed by atoms with Crippen LogP contribution in [-0.2, 0) is 0 Å². The molecule has 90 valence electrons. The van der Waals surface area contributed by atoms with Crippen molar-refractivity contribution < 1.29 is 0 Å². The van der Waals surface area contributed by atoms with E-state index in [0.29, 0.717) is 0 Å². The lowest BCUT2D eigenvalue weighted by atomic mass is 9.96. The maximum atomic E-state index is 3.64. The van der Waals surface area contributed by atoms with Crippen LogP contribution in [0.25, 0.3) is 0 Å². The molecule has 0 aromatic heterocycles. The highest BCUT2D eigenvalue weighted by molar-refractivity contribution is 7.97. The van der Waals surface area contributed by atoms with Crippen molar-refractivity contribution in [1.82, 2.24) is 4.72 Å². The molecule has 0 heterocycles. The van der Waals surface area contributed by atoms with E-state index in [-0.39, 0.29) is 0 Å². The normalized spacial score (nSPS) is 19.4. The molecular formula is C12H27NSSi. The van der Waals surface area contributed by atoms with E-state index < -0.39 is 8.07 Å². The Labute approximate surface area is 101 Å². The van der Waals surface area contributed by atoms with Crippen molar-refractivity contribution in [1.29, 1.82) is 0 Å². The van der Waals surface area contributed by atoms with Gasteiger partial charge in [-0.3, -0.25) is 4.72 Å². The molecule has 0 aromatic rings. The molecule has 1 saturated carbocycles. The Morgan fingerprint density at radius 3 is 2.40 bits per heavy atom. The van der Waals surface area contributed by atoms with E-state index >= 15 is 0 Å². The monoisotopic (exact) mass is 245 g/mol. The van der Waals surface area contributed by atoms with Crippen molar-refractivity contribution in [2.24, 2.45) is 0 Å².